The number of carbonyl (C=O) groups excluding carboxylic acids is 3. The van der Waals surface area contributed by atoms with Crippen LogP contribution in [0, 0.1) is 0 Å². The van der Waals surface area contributed by atoms with Crippen LogP contribution in [0.4, 0.5) is 0 Å². The Kier molecular flexibility index (Phi) is 60.3. The van der Waals surface area contributed by atoms with Crippen LogP contribution in [0.1, 0.15) is 297 Å². The van der Waals surface area contributed by atoms with Crippen molar-refractivity contribution in [3.63, 3.8) is 0 Å². The van der Waals surface area contributed by atoms with Crippen LogP contribution < -0.4 is 0 Å². The van der Waals surface area contributed by atoms with Crippen LogP contribution in [0.3, 0.4) is 0 Å². The third kappa shape index (κ3) is 60.9. The maximum absolute atomic E-state index is 12.9. The molecule has 0 rings (SSSR count). The first-order valence-electron chi connectivity index (χ1n) is 31.9. The van der Waals surface area contributed by atoms with E-state index < -0.39 is 6.10 Å². The lowest BCUT2D eigenvalue weighted by Crippen LogP contribution is -2.30. The van der Waals surface area contributed by atoms with E-state index in [1.807, 2.05) is 0 Å². The van der Waals surface area contributed by atoms with Crippen LogP contribution in [0.2, 0.25) is 0 Å². The van der Waals surface area contributed by atoms with E-state index in [-0.39, 0.29) is 31.1 Å². The second-order valence-electron chi connectivity index (χ2n) is 20.9. The van der Waals surface area contributed by atoms with Crippen LogP contribution in [0.15, 0.2) is 109 Å². The van der Waals surface area contributed by atoms with Crippen molar-refractivity contribution in [2.24, 2.45) is 0 Å². The standard InChI is InChI=1S/C70H118O6/c1-4-7-10-13-16-19-22-25-28-30-31-32-33-34-35-36-37-38-39-41-42-45-48-51-54-57-60-63-69(72)75-66-67(65-74-68(71)62-59-56-53-50-47-44-27-24-21-18-15-12-9-6-3)76-70(73)64-61-58-55-52-49-46-43-40-29-26-23-20-17-14-11-8-5-2/h7,10,16,19,25-26,28-29,31-32,34-35,37-38,41-42,48,51,67H,4-6,8-9,11-15,17-18,20-24,27,30,33,36,39-40,43-47,49-50,52-66H2,1-3H3/b10-7-,19-16-,28-25-,29-26-,32-31-,35-34-,38-37-,42-41-,51-48-. The minimum Gasteiger partial charge on any atom is -0.462 e. The Balaban J connectivity index is 4.43. The molecule has 6 heteroatoms. The van der Waals surface area contributed by atoms with Crippen molar-refractivity contribution >= 4 is 17.9 Å². The molecule has 0 N–H and O–H groups in total. The van der Waals surface area contributed by atoms with E-state index in [9.17, 15) is 14.4 Å². The van der Waals surface area contributed by atoms with Gasteiger partial charge >= 0.3 is 17.9 Å². The molecule has 0 aromatic heterocycles. The highest BCUT2D eigenvalue weighted by atomic mass is 16.6. The summed E-state index contributed by atoms with van der Waals surface area (Å²) < 4.78 is 16.9. The molecule has 0 aromatic rings. The van der Waals surface area contributed by atoms with Gasteiger partial charge < -0.3 is 14.2 Å². The van der Waals surface area contributed by atoms with Crippen LogP contribution >= 0.6 is 0 Å². The highest BCUT2D eigenvalue weighted by Gasteiger charge is 2.19. The van der Waals surface area contributed by atoms with Gasteiger partial charge in [0.2, 0.25) is 0 Å². The lowest BCUT2D eigenvalue weighted by molar-refractivity contribution is -0.167. The van der Waals surface area contributed by atoms with E-state index in [2.05, 4.69) is 130 Å². The fourth-order valence-electron chi connectivity index (χ4n) is 8.75. The van der Waals surface area contributed by atoms with Crippen LogP contribution in [-0.4, -0.2) is 37.2 Å². The summed E-state index contributed by atoms with van der Waals surface area (Å²) in [5.74, 6) is -0.934. The minimum absolute atomic E-state index is 0.0919. The van der Waals surface area contributed by atoms with Gasteiger partial charge in [-0.25, -0.2) is 0 Å². The summed E-state index contributed by atoms with van der Waals surface area (Å²) in [6, 6.07) is 0. The topological polar surface area (TPSA) is 78.9 Å². The van der Waals surface area contributed by atoms with Crippen LogP contribution in [-0.2, 0) is 28.6 Å². The van der Waals surface area contributed by atoms with Gasteiger partial charge in [0, 0.05) is 19.3 Å². The van der Waals surface area contributed by atoms with Gasteiger partial charge in [0.15, 0.2) is 6.10 Å². The fraction of sp³-hybridized carbons (Fsp3) is 0.700. The molecule has 0 amide bonds. The molecule has 0 fully saturated rings. The quantitative estimate of drug-likeness (QED) is 0.0261. The SMILES string of the molecule is CC/C=C\C/C=C\C/C=C\C/C=C\C/C=C\C/C=C\C/C=C\C/C=C\CCCCC(=O)OCC(COC(=O)CCCCCCCCCCCCCCCC)OC(=O)CCCCCCCCC/C=C\CCCCCCCC. The zero-order chi connectivity index (χ0) is 55.0. The molecule has 0 aliphatic heterocycles. The molecular formula is C70H118O6. The average molecular weight is 1060 g/mol. The Bertz CT molecular complexity index is 1540. The van der Waals surface area contributed by atoms with E-state index in [0.717, 1.165) is 109 Å². The number of ether oxygens (including phenoxy) is 3. The molecule has 0 saturated carbocycles. The number of hydrogen-bond donors (Lipinski definition) is 0. The molecular weight excluding hydrogens is 937 g/mol. The number of carbonyl (C=O) groups is 3. The lowest BCUT2D eigenvalue weighted by Gasteiger charge is -2.18. The summed E-state index contributed by atoms with van der Waals surface area (Å²) in [5.41, 5.74) is 0. The van der Waals surface area contributed by atoms with Crippen molar-refractivity contribution in [3.05, 3.63) is 109 Å². The molecule has 0 saturated heterocycles. The number of rotatable bonds is 57. The molecule has 6 nitrogen and oxygen atoms in total. The summed E-state index contributed by atoms with van der Waals surface area (Å²) in [4.78, 5) is 38.3. The van der Waals surface area contributed by atoms with Gasteiger partial charge in [0.25, 0.3) is 0 Å². The predicted octanol–water partition coefficient (Wildman–Crippen LogP) is 21.8. The number of allylic oxidation sites excluding steroid dienone is 18. The molecule has 0 aliphatic carbocycles. The van der Waals surface area contributed by atoms with E-state index in [1.165, 1.54) is 148 Å². The maximum atomic E-state index is 12.9. The lowest BCUT2D eigenvalue weighted by atomic mass is 10.0. The highest BCUT2D eigenvalue weighted by Crippen LogP contribution is 2.16. The predicted molar refractivity (Wildman–Crippen MR) is 330 cm³/mol. The summed E-state index contributed by atoms with van der Waals surface area (Å²) in [5, 5.41) is 0. The van der Waals surface area contributed by atoms with Crippen molar-refractivity contribution in [1.82, 2.24) is 0 Å². The molecule has 0 spiro atoms. The van der Waals surface area contributed by atoms with Crippen molar-refractivity contribution in [1.29, 1.82) is 0 Å². The Morgan fingerprint density at radius 3 is 0.842 bits per heavy atom. The maximum Gasteiger partial charge on any atom is 0.306 e. The van der Waals surface area contributed by atoms with E-state index >= 15 is 0 Å². The van der Waals surface area contributed by atoms with Crippen molar-refractivity contribution in [2.75, 3.05) is 13.2 Å². The first kappa shape index (κ1) is 72.1. The second kappa shape index (κ2) is 63.6. The average Bonchev–Trinajstić information content (AvgIpc) is 3.42. The Morgan fingerprint density at radius 1 is 0.276 bits per heavy atom. The van der Waals surface area contributed by atoms with Crippen molar-refractivity contribution in [3.8, 4) is 0 Å². The first-order chi connectivity index (χ1) is 37.5. The zero-order valence-corrected chi connectivity index (χ0v) is 49.7. The Morgan fingerprint density at radius 2 is 0.513 bits per heavy atom. The molecule has 0 aliphatic rings. The summed E-state index contributed by atoms with van der Waals surface area (Å²) in [6.45, 7) is 6.50. The van der Waals surface area contributed by atoms with E-state index in [1.54, 1.807) is 0 Å². The normalized spacial score (nSPS) is 12.8. The van der Waals surface area contributed by atoms with Gasteiger partial charge in [-0.2, -0.15) is 0 Å². The largest absolute Gasteiger partial charge is 0.462 e. The van der Waals surface area contributed by atoms with Crippen LogP contribution in [0.25, 0.3) is 0 Å². The van der Waals surface area contributed by atoms with E-state index in [0.29, 0.717) is 19.3 Å². The van der Waals surface area contributed by atoms with Crippen LogP contribution in [0.5, 0.6) is 0 Å². The number of esters is 3. The fourth-order valence-corrected chi connectivity index (χ4v) is 8.75. The summed E-state index contributed by atoms with van der Waals surface area (Å²) >= 11 is 0. The molecule has 76 heavy (non-hydrogen) atoms. The van der Waals surface area contributed by atoms with Gasteiger partial charge in [0.1, 0.15) is 13.2 Å². The molecule has 0 aromatic carbocycles. The molecule has 0 bridgehead atoms. The van der Waals surface area contributed by atoms with Gasteiger partial charge in [-0.05, 0) is 109 Å². The zero-order valence-electron chi connectivity index (χ0n) is 49.7. The molecule has 0 heterocycles. The van der Waals surface area contributed by atoms with Gasteiger partial charge in [-0.15, -0.1) is 0 Å². The third-order valence-corrected chi connectivity index (χ3v) is 13.5. The first-order valence-corrected chi connectivity index (χ1v) is 31.9. The third-order valence-electron chi connectivity index (χ3n) is 13.5. The molecule has 434 valence electrons. The minimum atomic E-state index is -0.799. The molecule has 1 atom stereocenters. The number of hydrogen-bond acceptors (Lipinski definition) is 6. The monoisotopic (exact) mass is 1050 g/mol. The van der Waals surface area contributed by atoms with Gasteiger partial charge in [-0.3, -0.25) is 14.4 Å². The Labute approximate surface area is 470 Å². The van der Waals surface area contributed by atoms with Crippen molar-refractivity contribution in [2.45, 2.75) is 303 Å². The summed E-state index contributed by atoms with van der Waals surface area (Å²) in [7, 11) is 0. The van der Waals surface area contributed by atoms with E-state index in [4.69, 9.17) is 14.2 Å². The van der Waals surface area contributed by atoms with Crippen molar-refractivity contribution < 1.29 is 28.6 Å². The molecule has 0 radical (unpaired) electrons. The number of unbranched alkanes of at least 4 members (excludes halogenated alkanes) is 28. The molecule has 1 unspecified atom stereocenters. The Hall–Kier alpha value is -3.93. The van der Waals surface area contributed by atoms with Gasteiger partial charge in [-0.1, -0.05) is 278 Å². The smallest absolute Gasteiger partial charge is 0.306 e. The second-order valence-corrected chi connectivity index (χ2v) is 20.9. The highest BCUT2D eigenvalue weighted by molar-refractivity contribution is 5.71. The van der Waals surface area contributed by atoms with Gasteiger partial charge in [0.05, 0.1) is 0 Å². The summed E-state index contributed by atoms with van der Waals surface area (Å²) in [6.07, 6.45) is 86.6.